The predicted octanol–water partition coefficient (Wildman–Crippen LogP) is 3.14. The van der Waals surface area contributed by atoms with E-state index >= 15 is 0 Å². The van der Waals surface area contributed by atoms with Crippen LogP contribution in [0.2, 0.25) is 0 Å². The fraction of sp³-hybridized carbons (Fsp3) is 0.250. The summed E-state index contributed by atoms with van der Waals surface area (Å²) in [5.74, 6) is 0.336. The highest BCUT2D eigenvalue weighted by Crippen LogP contribution is 2.29. The Hall–Kier alpha value is -1.91. The fourth-order valence-corrected chi connectivity index (χ4v) is 2.12. The first-order valence-electron chi connectivity index (χ1n) is 6.25. The quantitative estimate of drug-likeness (QED) is 0.911. The monoisotopic (exact) mass is 276 g/mol. The van der Waals surface area contributed by atoms with Crippen LogP contribution in [0.1, 0.15) is 11.1 Å². The molecule has 2 aromatic carbocycles. The van der Waals surface area contributed by atoms with Gasteiger partial charge in [0.25, 0.3) is 0 Å². The zero-order chi connectivity index (χ0) is 14.5. The van der Waals surface area contributed by atoms with Crippen molar-refractivity contribution in [2.24, 2.45) is 0 Å². The Morgan fingerprint density at radius 2 is 1.85 bits per heavy atom. The molecule has 0 aliphatic carbocycles. The highest BCUT2D eigenvalue weighted by Gasteiger charge is 2.09. The van der Waals surface area contributed by atoms with Crippen molar-refractivity contribution >= 4 is 0 Å². The Labute approximate surface area is 117 Å². The van der Waals surface area contributed by atoms with Crippen LogP contribution < -0.4 is 4.74 Å². The molecule has 3 nitrogen and oxygen atoms in total. The molecule has 0 fully saturated rings. The first kappa shape index (κ1) is 14.5. The largest absolute Gasteiger partial charge is 0.497 e. The molecule has 0 atom stereocenters. The van der Waals surface area contributed by atoms with E-state index in [2.05, 4.69) is 0 Å². The molecule has 4 heteroatoms. The number of methoxy groups -OCH3 is 2. The third kappa shape index (κ3) is 2.98. The molecule has 106 valence electrons. The van der Waals surface area contributed by atoms with Gasteiger partial charge in [0.15, 0.2) is 0 Å². The zero-order valence-electron chi connectivity index (χ0n) is 11.5. The lowest BCUT2D eigenvalue weighted by Gasteiger charge is -2.12. The standard InChI is InChI=1S/C16H17FO3/c1-19-10-13-8-14(20-2)4-5-15(13)11-3-6-16(17)12(7-11)9-18/h3-8,18H,9-10H2,1-2H3. The van der Waals surface area contributed by atoms with Crippen LogP contribution in [-0.2, 0) is 18.0 Å². The third-order valence-electron chi connectivity index (χ3n) is 3.14. The van der Waals surface area contributed by atoms with Crippen molar-refractivity contribution in [1.29, 1.82) is 0 Å². The average molecular weight is 276 g/mol. The predicted molar refractivity (Wildman–Crippen MR) is 75.0 cm³/mol. The SMILES string of the molecule is COCc1cc(OC)ccc1-c1ccc(F)c(CO)c1. The van der Waals surface area contributed by atoms with Gasteiger partial charge in [0, 0.05) is 12.7 Å². The van der Waals surface area contributed by atoms with E-state index in [0.29, 0.717) is 6.61 Å². The number of halogens is 1. The van der Waals surface area contributed by atoms with Crippen molar-refractivity contribution in [2.75, 3.05) is 14.2 Å². The third-order valence-corrected chi connectivity index (χ3v) is 3.14. The molecule has 0 spiro atoms. The Balaban J connectivity index is 2.50. The summed E-state index contributed by atoms with van der Waals surface area (Å²) < 4.78 is 23.8. The maximum atomic E-state index is 13.4. The number of aliphatic hydroxyl groups is 1. The van der Waals surface area contributed by atoms with E-state index < -0.39 is 5.82 Å². The van der Waals surface area contributed by atoms with Crippen molar-refractivity contribution in [3.8, 4) is 16.9 Å². The maximum absolute atomic E-state index is 13.4. The number of rotatable bonds is 5. The van der Waals surface area contributed by atoms with E-state index in [0.717, 1.165) is 22.4 Å². The van der Waals surface area contributed by atoms with Crippen LogP contribution in [-0.4, -0.2) is 19.3 Å². The van der Waals surface area contributed by atoms with Crippen LogP contribution in [0.5, 0.6) is 5.75 Å². The molecule has 0 bridgehead atoms. The molecule has 0 aromatic heterocycles. The molecule has 0 saturated heterocycles. The van der Waals surface area contributed by atoms with Gasteiger partial charge in [-0.25, -0.2) is 4.39 Å². The summed E-state index contributed by atoms with van der Waals surface area (Å²) in [6.07, 6.45) is 0. The van der Waals surface area contributed by atoms with Crippen molar-refractivity contribution in [2.45, 2.75) is 13.2 Å². The molecule has 0 unspecified atom stereocenters. The lowest BCUT2D eigenvalue weighted by Crippen LogP contribution is -1.96. The molecule has 0 saturated carbocycles. The van der Waals surface area contributed by atoms with Crippen molar-refractivity contribution in [3.05, 3.63) is 53.3 Å². The van der Waals surface area contributed by atoms with Crippen LogP contribution in [0.25, 0.3) is 11.1 Å². The van der Waals surface area contributed by atoms with Gasteiger partial charge in [0.1, 0.15) is 11.6 Å². The Morgan fingerprint density at radius 1 is 1.05 bits per heavy atom. The normalized spacial score (nSPS) is 10.6. The van der Waals surface area contributed by atoms with Crippen LogP contribution >= 0.6 is 0 Å². The van der Waals surface area contributed by atoms with Gasteiger partial charge in [0.05, 0.1) is 20.3 Å². The van der Waals surface area contributed by atoms with Crippen molar-refractivity contribution in [3.63, 3.8) is 0 Å². The molecule has 0 amide bonds. The Kier molecular flexibility index (Phi) is 4.71. The summed E-state index contributed by atoms with van der Waals surface area (Å²) in [6.45, 7) is 0.105. The van der Waals surface area contributed by atoms with Crippen LogP contribution in [0.4, 0.5) is 4.39 Å². The lowest BCUT2D eigenvalue weighted by atomic mass is 9.98. The lowest BCUT2D eigenvalue weighted by molar-refractivity contribution is 0.185. The summed E-state index contributed by atoms with van der Waals surface area (Å²) in [7, 11) is 3.22. The summed E-state index contributed by atoms with van der Waals surface area (Å²) in [4.78, 5) is 0. The smallest absolute Gasteiger partial charge is 0.128 e. The van der Waals surface area contributed by atoms with Gasteiger partial charge in [-0.1, -0.05) is 12.1 Å². The fourth-order valence-electron chi connectivity index (χ4n) is 2.12. The molecule has 0 aliphatic heterocycles. The van der Waals surface area contributed by atoms with Crippen LogP contribution in [0, 0.1) is 5.82 Å². The van der Waals surface area contributed by atoms with Gasteiger partial charge < -0.3 is 14.6 Å². The molecule has 0 radical (unpaired) electrons. The van der Waals surface area contributed by atoms with Crippen molar-refractivity contribution in [1.82, 2.24) is 0 Å². The van der Waals surface area contributed by atoms with Crippen molar-refractivity contribution < 1.29 is 19.0 Å². The van der Waals surface area contributed by atoms with Crippen LogP contribution in [0.3, 0.4) is 0 Å². The van der Waals surface area contributed by atoms with E-state index in [1.807, 2.05) is 18.2 Å². The highest BCUT2D eigenvalue weighted by atomic mass is 19.1. The van der Waals surface area contributed by atoms with Gasteiger partial charge >= 0.3 is 0 Å². The molecule has 20 heavy (non-hydrogen) atoms. The maximum Gasteiger partial charge on any atom is 0.128 e. The van der Waals surface area contributed by atoms with Gasteiger partial charge in [-0.2, -0.15) is 0 Å². The molecule has 0 heterocycles. The molecule has 2 aromatic rings. The number of aliphatic hydroxyl groups excluding tert-OH is 1. The zero-order valence-corrected chi connectivity index (χ0v) is 11.5. The minimum absolute atomic E-state index is 0.279. The number of benzene rings is 2. The topological polar surface area (TPSA) is 38.7 Å². The number of hydrogen-bond donors (Lipinski definition) is 1. The van der Waals surface area contributed by atoms with E-state index in [-0.39, 0.29) is 12.2 Å². The molecule has 2 rings (SSSR count). The second-order valence-corrected chi connectivity index (χ2v) is 4.42. The van der Waals surface area contributed by atoms with Gasteiger partial charge in [-0.3, -0.25) is 0 Å². The van der Waals surface area contributed by atoms with Crippen LogP contribution in [0.15, 0.2) is 36.4 Å². The molecule has 0 aliphatic rings. The summed E-state index contributed by atoms with van der Waals surface area (Å²) in [5.41, 5.74) is 3.00. The average Bonchev–Trinajstić information content (AvgIpc) is 2.48. The Bertz CT molecular complexity index is 596. The van der Waals surface area contributed by atoms with E-state index in [1.165, 1.54) is 6.07 Å². The first-order chi connectivity index (χ1) is 9.69. The Morgan fingerprint density at radius 3 is 2.50 bits per heavy atom. The number of hydrogen-bond acceptors (Lipinski definition) is 3. The minimum Gasteiger partial charge on any atom is -0.497 e. The second-order valence-electron chi connectivity index (χ2n) is 4.42. The van der Waals surface area contributed by atoms with E-state index in [9.17, 15) is 4.39 Å². The molecular formula is C16H17FO3. The van der Waals surface area contributed by atoms with Gasteiger partial charge in [-0.05, 0) is 41.0 Å². The molecular weight excluding hydrogens is 259 g/mol. The number of ether oxygens (including phenoxy) is 2. The first-order valence-corrected chi connectivity index (χ1v) is 6.25. The van der Waals surface area contributed by atoms with Gasteiger partial charge in [-0.15, -0.1) is 0 Å². The van der Waals surface area contributed by atoms with E-state index in [1.54, 1.807) is 26.4 Å². The minimum atomic E-state index is -0.405. The summed E-state index contributed by atoms with van der Waals surface area (Å²) in [6, 6.07) is 10.3. The molecule has 1 N–H and O–H groups in total. The summed E-state index contributed by atoms with van der Waals surface area (Å²) >= 11 is 0. The highest BCUT2D eigenvalue weighted by molar-refractivity contribution is 5.69. The second kappa shape index (κ2) is 6.50. The van der Waals surface area contributed by atoms with Gasteiger partial charge in [0.2, 0.25) is 0 Å². The van der Waals surface area contributed by atoms with E-state index in [4.69, 9.17) is 14.6 Å². The summed E-state index contributed by atoms with van der Waals surface area (Å²) in [5, 5.41) is 9.16.